The molecule has 5 nitrogen and oxygen atoms in total. The second-order valence-corrected chi connectivity index (χ2v) is 12.1. The first-order valence-electron chi connectivity index (χ1n) is 16.1. The van der Waals surface area contributed by atoms with Crippen molar-refractivity contribution in [3.8, 4) is 34.4 Å². The van der Waals surface area contributed by atoms with Crippen molar-refractivity contribution in [2.75, 3.05) is 0 Å². The van der Waals surface area contributed by atoms with Gasteiger partial charge in [-0.15, -0.1) is 0 Å². The number of benzene rings is 7. The maximum Gasteiger partial charge on any atom is 0.238 e. The predicted octanol–water partition coefficient (Wildman–Crippen LogP) is 10.6. The van der Waals surface area contributed by atoms with E-state index in [9.17, 15) is 0 Å². The molecular weight excluding hydrogens is 587 g/mol. The lowest BCUT2D eigenvalue weighted by atomic mass is 9.98. The maximum atomic E-state index is 5.16. The van der Waals surface area contributed by atoms with E-state index in [4.69, 9.17) is 15.0 Å². The van der Waals surface area contributed by atoms with Gasteiger partial charge < -0.3 is 4.57 Å². The zero-order chi connectivity index (χ0) is 31.6. The van der Waals surface area contributed by atoms with Gasteiger partial charge in [0.15, 0.2) is 11.6 Å². The van der Waals surface area contributed by atoms with Gasteiger partial charge in [-0.3, -0.25) is 4.57 Å². The SMILES string of the molecule is c1ccc(-c2nc(-c3ccccc3)nc(-n3c4ccc5ccccc5c4c4c5ccc6ccn(-c7ccccc7)c6c5ccc43)n2)cc1. The Morgan fingerprint density at radius 2 is 0.958 bits per heavy atom. The smallest absolute Gasteiger partial charge is 0.238 e. The molecule has 0 aliphatic carbocycles. The van der Waals surface area contributed by atoms with Crippen molar-refractivity contribution >= 4 is 54.3 Å². The lowest BCUT2D eigenvalue weighted by Gasteiger charge is -2.12. The van der Waals surface area contributed by atoms with Gasteiger partial charge >= 0.3 is 0 Å². The second kappa shape index (κ2) is 10.5. The van der Waals surface area contributed by atoms with Gasteiger partial charge in [-0.25, -0.2) is 4.98 Å². The van der Waals surface area contributed by atoms with E-state index in [2.05, 4.69) is 112 Å². The topological polar surface area (TPSA) is 48.5 Å². The van der Waals surface area contributed by atoms with Gasteiger partial charge in [0, 0.05) is 44.6 Å². The van der Waals surface area contributed by atoms with Crippen molar-refractivity contribution in [2.24, 2.45) is 0 Å². The Bertz CT molecular complexity index is 2760. The molecule has 0 amide bonds. The lowest BCUT2D eigenvalue weighted by Crippen LogP contribution is -2.06. The maximum absolute atomic E-state index is 5.16. The fourth-order valence-corrected chi connectivity index (χ4v) is 7.23. The third-order valence-corrected chi connectivity index (χ3v) is 9.39. The van der Waals surface area contributed by atoms with Crippen LogP contribution in [0.2, 0.25) is 0 Å². The minimum Gasteiger partial charge on any atom is -0.316 e. The van der Waals surface area contributed by atoms with Gasteiger partial charge in [0.25, 0.3) is 0 Å². The van der Waals surface area contributed by atoms with Gasteiger partial charge in [-0.1, -0.05) is 127 Å². The fourth-order valence-electron chi connectivity index (χ4n) is 7.23. The summed E-state index contributed by atoms with van der Waals surface area (Å²) in [5, 5.41) is 8.37. The van der Waals surface area contributed by atoms with Crippen molar-refractivity contribution < 1.29 is 0 Å². The summed E-state index contributed by atoms with van der Waals surface area (Å²) in [5.41, 5.74) is 6.33. The molecule has 0 atom stereocenters. The van der Waals surface area contributed by atoms with Crippen molar-refractivity contribution in [3.63, 3.8) is 0 Å². The van der Waals surface area contributed by atoms with Gasteiger partial charge in [0.1, 0.15) is 0 Å². The van der Waals surface area contributed by atoms with Crippen LogP contribution in [0.4, 0.5) is 0 Å². The second-order valence-electron chi connectivity index (χ2n) is 12.1. The molecule has 224 valence electrons. The van der Waals surface area contributed by atoms with Crippen molar-refractivity contribution in [3.05, 3.63) is 164 Å². The van der Waals surface area contributed by atoms with Gasteiger partial charge in [-0.2, -0.15) is 9.97 Å². The van der Waals surface area contributed by atoms with E-state index in [1.807, 2.05) is 60.7 Å². The van der Waals surface area contributed by atoms with E-state index in [0.717, 1.165) is 27.8 Å². The summed E-state index contributed by atoms with van der Waals surface area (Å²) in [6.45, 7) is 0. The average molecular weight is 614 g/mol. The highest BCUT2D eigenvalue weighted by Gasteiger charge is 2.21. The fraction of sp³-hybridized carbons (Fsp3) is 0. The first-order valence-corrected chi connectivity index (χ1v) is 16.1. The molecule has 0 radical (unpaired) electrons. The highest BCUT2D eigenvalue weighted by atomic mass is 15.2. The van der Waals surface area contributed by atoms with Crippen LogP contribution in [-0.4, -0.2) is 24.1 Å². The number of rotatable bonds is 4. The van der Waals surface area contributed by atoms with Gasteiger partial charge in [0.2, 0.25) is 5.95 Å². The summed E-state index contributed by atoms with van der Waals surface area (Å²) in [5.74, 6) is 1.86. The van der Waals surface area contributed by atoms with Crippen LogP contribution in [0.5, 0.6) is 0 Å². The molecule has 48 heavy (non-hydrogen) atoms. The van der Waals surface area contributed by atoms with E-state index in [1.54, 1.807) is 0 Å². The quantitative estimate of drug-likeness (QED) is 0.198. The first kappa shape index (κ1) is 26.6. The van der Waals surface area contributed by atoms with Gasteiger partial charge in [0.05, 0.1) is 16.6 Å². The summed E-state index contributed by atoms with van der Waals surface area (Å²) < 4.78 is 4.52. The minimum atomic E-state index is 0.589. The van der Waals surface area contributed by atoms with E-state index < -0.39 is 0 Å². The van der Waals surface area contributed by atoms with Crippen LogP contribution >= 0.6 is 0 Å². The minimum absolute atomic E-state index is 0.589. The van der Waals surface area contributed by atoms with Crippen LogP contribution in [0.1, 0.15) is 0 Å². The molecule has 7 aromatic carbocycles. The molecule has 0 saturated carbocycles. The predicted molar refractivity (Wildman–Crippen MR) is 197 cm³/mol. The first-order chi connectivity index (χ1) is 23.8. The number of para-hydroxylation sites is 1. The summed E-state index contributed by atoms with van der Waals surface area (Å²) in [6.07, 6.45) is 2.17. The molecule has 0 N–H and O–H groups in total. The molecule has 0 saturated heterocycles. The molecule has 5 heteroatoms. The van der Waals surface area contributed by atoms with Crippen LogP contribution in [0, 0.1) is 0 Å². The molecule has 3 aromatic heterocycles. The Hall–Kier alpha value is -6.59. The summed E-state index contributed by atoms with van der Waals surface area (Å²) in [7, 11) is 0. The van der Waals surface area contributed by atoms with Crippen LogP contribution in [0.15, 0.2) is 164 Å². The van der Waals surface area contributed by atoms with Crippen LogP contribution in [-0.2, 0) is 0 Å². The molecular formula is C43H27N5. The molecule has 0 aliphatic rings. The molecule has 10 rings (SSSR count). The zero-order valence-electron chi connectivity index (χ0n) is 25.8. The Labute approximate surface area is 276 Å². The van der Waals surface area contributed by atoms with Crippen molar-refractivity contribution in [2.45, 2.75) is 0 Å². The summed E-state index contributed by atoms with van der Waals surface area (Å²) in [6, 6.07) is 55.1. The van der Waals surface area contributed by atoms with E-state index in [0.29, 0.717) is 17.6 Å². The number of fused-ring (bicyclic) bond motifs is 9. The Kier molecular flexibility index (Phi) is 5.81. The summed E-state index contributed by atoms with van der Waals surface area (Å²) >= 11 is 0. The highest BCUT2D eigenvalue weighted by molar-refractivity contribution is 6.30. The number of nitrogens with zero attached hydrogens (tertiary/aromatic N) is 5. The summed E-state index contributed by atoms with van der Waals surface area (Å²) in [4.78, 5) is 15.3. The largest absolute Gasteiger partial charge is 0.316 e. The zero-order valence-corrected chi connectivity index (χ0v) is 25.8. The van der Waals surface area contributed by atoms with Crippen LogP contribution in [0.25, 0.3) is 88.7 Å². The molecule has 3 heterocycles. The van der Waals surface area contributed by atoms with Crippen LogP contribution < -0.4 is 0 Å². The van der Waals surface area contributed by atoms with Gasteiger partial charge in [-0.05, 0) is 46.5 Å². The monoisotopic (exact) mass is 613 g/mol. The molecule has 0 fully saturated rings. The molecule has 0 bridgehead atoms. The van der Waals surface area contributed by atoms with Crippen LogP contribution in [0.3, 0.4) is 0 Å². The number of hydrogen-bond donors (Lipinski definition) is 0. The van der Waals surface area contributed by atoms with Crippen molar-refractivity contribution in [1.82, 2.24) is 24.1 Å². The molecule has 0 unspecified atom stereocenters. The molecule has 0 spiro atoms. The standard InChI is InChI=1S/C43H27N5/c1-4-13-30(14-5-1)41-44-42(31-15-6-2-7-16-31)46-43(45-41)48-36-24-21-28-12-10-11-19-33(28)38(36)39-34-22-20-29-26-27-47(32-17-8-3-9-18-32)40(29)35(34)23-25-37(39)48/h1-27H. The Morgan fingerprint density at radius 1 is 0.396 bits per heavy atom. The average Bonchev–Trinajstić information content (AvgIpc) is 3.76. The number of hydrogen-bond acceptors (Lipinski definition) is 3. The Morgan fingerprint density at radius 3 is 1.67 bits per heavy atom. The highest BCUT2D eigenvalue weighted by Crippen LogP contribution is 2.42. The molecule has 10 aromatic rings. The molecule has 0 aliphatic heterocycles. The van der Waals surface area contributed by atoms with E-state index >= 15 is 0 Å². The lowest BCUT2D eigenvalue weighted by molar-refractivity contribution is 0.954. The number of aromatic nitrogens is 5. The van der Waals surface area contributed by atoms with Crippen molar-refractivity contribution in [1.29, 1.82) is 0 Å². The Balaban J connectivity index is 1.35. The van der Waals surface area contributed by atoms with E-state index in [-0.39, 0.29) is 0 Å². The normalized spacial score (nSPS) is 11.8. The van der Waals surface area contributed by atoms with E-state index in [1.165, 1.54) is 43.2 Å². The third-order valence-electron chi connectivity index (χ3n) is 9.39. The third kappa shape index (κ3) is 4.01.